The summed E-state index contributed by atoms with van der Waals surface area (Å²) in [6, 6.07) is 1.49. The van der Waals surface area contributed by atoms with Crippen molar-refractivity contribution >= 4 is 0 Å². The van der Waals surface area contributed by atoms with E-state index in [9.17, 15) is 0 Å². The third-order valence-electron chi connectivity index (χ3n) is 4.23. The van der Waals surface area contributed by atoms with Crippen LogP contribution >= 0.6 is 0 Å². The van der Waals surface area contributed by atoms with E-state index in [1.807, 2.05) is 0 Å². The Morgan fingerprint density at radius 1 is 0.933 bits per heavy atom. The highest BCUT2D eigenvalue weighted by atomic mass is 15.2. The standard InChI is InChI=1S/C13H26N2/c1-2-12-13(15-10-14-12)11-8-6-4-3-5-7-9-11/h11-15H,2-10H2,1H3. The molecule has 0 radical (unpaired) electrons. The van der Waals surface area contributed by atoms with Crippen molar-refractivity contribution in [2.24, 2.45) is 5.92 Å². The molecular weight excluding hydrogens is 184 g/mol. The maximum atomic E-state index is 3.66. The summed E-state index contributed by atoms with van der Waals surface area (Å²) in [6.45, 7) is 3.33. The monoisotopic (exact) mass is 210 g/mol. The van der Waals surface area contributed by atoms with Gasteiger partial charge >= 0.3 is 0 Å². The third kappa shape index (κ3) is 2.94. The molecule has 2 atom stereocenters. The Hall–Kier alpha value is -0.0800. The van der Waals surface area contributed by atoms with Gasteiger partial charge < -0.3 is 5.32 Å². The van der Waals surface area contributed by atoms with E-state index in [4.69, 9.17) is 0 Å². The van der Waals surface area contributed by atoms with Gasteiger partial charge in [-0.25, -0.2) is 0 Å². The van der Waals surface area contributed by atoms with Crippen LogP contribution in [0.15, 0.2) is 0 Å². The molecule has 2 nitrogen and oxygen atoms in total. The van der Waals surface area contributed by atoms with Gasteiger partial charge in [-0.3, -0.25) is 5.32 Å². The Morgan fingerprint density at radius 2 is 1.60 bits per heavy atom. The molecule has 15 heavy (non-hydrogen) atoms. The molecule has 2 unspecified atom stereocenters. The largest absolute Gasteiger partial charge is 0.300 e. The molecule has 2 rings (SSSR count). The zero-order valence-electron chi connectivity index (χ0n) is 10.1. The lowest BCUT2D eigenvalue weighted by Gasteiger charge is -2.29. The number of nitrogens with one attached hydrogen (secondary N) is 2. The minimum absolute atomic E-state index is 0.731. The Labute approximate surface area is 94.2 Å². The van der Waals surface area contributed by atoms with Crippen molar-refractivity contribution < 1.29 is 0 Å². The van der Waals surface area contributed by atoms with E-state index in [-0.39, 0.29) is 0 Å². The molecule has 0 amide bonds. The second-order valence-electron chi connectivity index (χ2n) is 5.23. The molecule has 1 aliphatic carbocycles. The lowest BCUT2D eigenvalue weighted by atomic mass is 9.83. The minimum atomic E-state index is 0.731. The topological polar surface area (TPSA) is 24.1 Å². The van der Waals surface area contributed by atoms with Crippen LogP contribution in [-0.2, 0) is 0 Å². The van der Waals surface area contributed by atoms with Crippen molar-refractivity contribution in [3.8, 4) is 0 Å². The first-order valence-electron chi connectivity index (χ1n) is 6.88. The summed E-state index contributed by atoms with van der Waals surface area (Å²) in [5.41, 5.74) is 0. The first kappa shape index (κ1) is 11.4. The molecule has 0 bridgehead atoms. The average molecular weight is 210 g/mol. The Balaban J connectivity index is 1.88. The smallest absolute Gasteiger partial charge is 0.0459 e. The highest BCUT2D eigenvalue weighted by Gasteiger charge is 2.31. The fourth-order valence-electron chi connectivity index (χ4n) is 3.32. The zero-order valence-corrected chi connectivity index (χ0v) is 10.1. The normalized spacial score (nSPS) is 35.0. The summed E-state index contributed by atoms with van der Waals surface area (Å²) in [5.74, 6) is 0.935. The lowest BCUT2D eigenvalue weighted by molar-refractivity contribution is 0.282. The van der Waals surface area contributed by atoms with Crippen LogP contribution < -0.4 is 10.6 Å². The molecule has 0 spiro atoms. The molecule has 2 fully saturated rings. The minimum Gasteiger partial charge on any atom is -0.300 e. The van der Waals surface area contributed by atoms with Gasteiger partial charge in [0.2, 0.25) is 0 Å². The molecule has 2 aliphatic rings. The first-order valence-corrected chi connectivity index (χ1v) is 6.88. The van der Waals surface area contributed by atoms with Gasteiger partial charge in [0, 0.05) is 18.8 Å². The van der Waals surface area contributed by atoms with E-state index in [0.717, 1.165) is 24.7 Å². The maximum Gasteiger partial charge on any atom is 0.0459 e. The molecular formula is C13H26N2. The molecule has 0 aromatic rings. The van der Waals surface area contributed by atoms with E-state index in [1.54, 1.807) is 0 Å². The summed E-state index contributed by atoms with van der Waals surface area (Å²) in [5, 5.41) is 7.24. The number of hydrogen-bond acceptors (Lipinski definition) is 2. The van der Waals surface area contributed by atoms with Gasteiger partial charge in [-0.05, 0) is 25.2 Å². The zero-order chi connectivity index (χ0) is 10.5. The lowest BCUT2D eigenvalue weighted by Crippen LogP contribution is -2.39. The predicted molar refractivity (Wildman–Crippen MR) is 64.8 cm³/mol. The van der Waals surface area contributed by atoms with Crippen LogP contribution in [0.4, 0.5) is 0 Å². The van der Waals surface area contributed by atoms with Crippen LogP contribution in [0.5, 0.6) is 0 Å². The van der Waals surface area contributed by atoms with Crippen LogP contribution in [0.3, 0.4) is 0 Å². The van der Waals surface area contributed by atoms with Gasteiger partial charge in [0.15, 0.2) is 0 Å². The summed E-state index contributed by atoms with van der Waals surface area (Å²) >= 11 is 0. The van der Waals surface area contributed by atoms with Gasteiger partial charge in [0.1, 0.15) is 0 Å². The summed E-state index contributed by atoms with van der Waals surface area (Å²) in [7, 11) is 0. The SMILES string of the molecule is CCC1NCNC1C1CCCCCCC1. The highest BCUT2D eigenvalue weighted by Crippen LogP contribution is 2.28. The van der Waals surface area contributed by atoms with Gasteiger partial charge in [-0.1, -0.05) is 39.0 Å². The quantitative estimate of drug-likeness (QED) is 0.732. The molecule has 1 heterocycles. The van der Waals surface area contributed by atoms with Crippen molar-refractivity contribution in [3.05, 3.63) is 0 Å². The third-order valence-corrected chi connectivity index (χ3v) is 4.23. The van der Waals surface area contributed by atoms with Crippen LogP contribution in [-0.4, -0.2) is 18.8 Å². The summed E-state index contributed by atoms with van der Waals surface area (Å²) in [6.07, 6.45) is 11.5. The van der Waals surface area contributed by atoms with Gasteiger partial charge in [-0.2, -0.15) is 0 Å². The molecule has 1 aliphatic heterocycles. The number of rotatable bonds is 2. The van der Waals surface area contributed by atoms with E-state index >= 15 is 0 Å². The van der Waals surface area contributed by atoms with Crippen LogP contribution in [0.2, 0.25) is 0 Å². The van der Waals surface area contributed by atoms with Gasteiger partial charge in [0.05, 0.1) is 0 Å². The van der Waals surface area contributed by atoms with Crippen molar-refractivity contribution in [3.63, 3.8) is 0 Å². The van der Waals surface area contributed by atoms with Crippen molar-refractivity contribution in [1.29, 1.82) is 0 Å². The fraction of sp³-hybridized carbons (Fsp3) is 1.00. The van der Waals surface area contributed by atoms with Crippen molar-refractivity contribution in [2.75, 3.05) is 6.67 Å². The van der Waals surface area contributed by atoms with E-state index in [1.165, 1.54) is 51.4 Å². The molecule has 88 valence electrons. The van der Waals surface area contributed by atoms with Gasteiger partial charge in [-0.15, -0.1) is 0 Å². The average Bonchev–Trinajstić information content (AvgIpc) is 2.65. The number of hydrogen-bond donors (Lipinski definition) is 2. The van der Waals surface area contributed by atoms with Crippen LogP contribution in [0.1, 0.15) is 58.3 Å². The van der Waals surface area contributed by atoms with Crippen molar-refractivity contribution in [1.82, 2.24) is 10.6 Å². The molecule has 2 heteroatoms. The van der Waals surface area contributed by atoms with E-state index in [0.29, 0.717) is 0 Å². The summed E-state index contributed by atoms with van der Waals surface area (Å²) < 4.78 is 0. The molecule has 0 aromatic carbocycles. The fourth-order valence-corrected chi connectivity index (χ4v) is 3.32. The second kappa shape index (κ2) is 5.86. The second-order valence-corrected chi connectivity index (χ2v) is 5.23. The van der Waals surface area contributed by atoms with Crippen molar-refractivity contribution in [2.45, 2.75) is 70.4 Å². The first-order chi connectivity index (χ1) is 7.42. The van der Waals surface area contributed by atoms with Crippen LogP contribution in [0.25, 0.3) is 0 Å². The highest BCUT2D eigenvalue weighted by molar-refractivity contribution is 4.91. The summed E-state index contributed by atoms with van der Waals surface area (Å²) in [4.78, 5) is 0. The predicted octanol–water partition coefficient (Wildman–Crippen LogP) is 2.64. The molecule has 0 aromatic heterocycles. The van der Waals surface area contributed by atoms with E-state index in [2.05, 4.69) is 17.6 Å². The molecule has 1 saturated carbocycles. The Morgan fingerprint density at radius 3 is 2.27 bits per heavy atom. The Bertz CT molecular complexity index is 173. The molecule has 1 saturated heterocycles. The van der Waals surface area contributed by atoms with Gasteiger partial charge in [0.25, 0.3) is 0 Å². The Kier molecular flexibility index (Phi) is 4.45. The van der Waals surface area contributed by atoms with E-state index < -0.39 is 0 Å². The van der Waals surface area contributed by atoms with Crippen LogP contribution in [0, 0.1) is 5.92 Å². The molecule has 2 N–H and O–H groups in total. The maximum absolute atomic E-state index is 3.66.